The minimum atomic E-state index is 0.357. The zero-order valence-electron chi connectivity index (χ0n) is 12.7. The van der Waals surface area contributed by atoms with Crippen LogP contribution in [-0.2, 0) is 4.74 Å². The van der Waals surface area contributed by atoms with Crippen LogP contribution in [0.15, 0.2) is 0 Å². The zero-order chi connectivity index (χ0) is 13.4. The molecule has 1 rings (SSSR count). The summed E-state index contributed by atoms with van der Waals surface area (Å²) >= 11 is 0. The van der Waals surface area contributed by atoms with Gasteiger partial charge in [0.15, 0.2) is 0 Å². The Morgan fingerprint density at radius 3 is 2.72 bits per heavy atom. The van der Waals surface area contributed by atoms with Crippen LogP contribution in [0.3, 0.4) is 0 Å². The fraction of sp³-hybridized carbons (Fsp3) is 1.00. The van der Waals surface area contributed by atoms with Crippen LogP contribution in [0.4, 0.5) is 0 Å². The molecule has 2 unspecified atom stereocenters. The maximum atomic E-state index is 5.65. The quantitative estimate of drug-likeness (QED) is 0.722. The summed E-state index contributed by atoms with van der Waals surface area (Å²) in [5.41, 5.74) is 0. The molecule has 0 aromatic rings. The van der Waals surface area contributed by atoms with Gasteiger partial charge in [0.1, 0.15) is 0 Å². The molecule has 3 heteroatoms. The van der Waals surface area contributed by atoms with Gasteiger partial charge in [0.25, 0.3) is 0 Å². The van der Waals surface area contributed by atoms with Gasteiger partial charge in [-0.15, -0.1) is 0 Å². The third kappa shape index (κ3) is 5.68. The van der Waals surface area contributed by atoms with Gasteiger partial charge in [-0.05, 0) is 45.7 Å². The molecule has 1 N–H and O–H groups in total. The minimum Gasteiger partial charge on any atom is -0.377 e. The summed E-state index contributed by atoms with van der Waals surface area (Å²) in [6.45, 7) is 14.4. The smallest absolute Gasteiger partial charge is 0.0596 e. The van der Waals surface area contributed by atoms with E-state index in [2.05, 4.69) is 37.9 Å². The Labute approximate surface area is 113 Å². The van der Waals surface area contributed by atoms with Crippen LogP contribution in [0.2, 0.25) is 0 Å². The van der Waals surface area contributed by atoms with Gasteiger partial charge >= 0.3 is 0 Å². The van der Waals surface area contributed by atoms with Crippen molar-refractivity contribution in [2.24, 2.45) is 5.92 Å². The number of likely N-dealkylation sites (tertiary alicyclic amines) is 1. The van der Waals surface area contributed by atoms with Crippen molar-refractivity contribution in [2.45, 2.75) is 59.1 Å². The van der Waals surface area contributed by atoms with Crippen LogP contribution >= 0.6 is 0 Å². The van der Waals surface area contributed by atoms with E-state index in [4.69, 9.17) is 4.74 Å². The third-order valence-electron chi connectivity index (χ3n) is 3.86. The van der Waals surface area contributed by atoms with E-state index in [0.29, 0.717) is 6.10 Å². The Hall–Kier alpha value is -0.120. The van der Waals surface area contributed by atoms with Crippen molar-refractivity contribution in [3.8, 4) is 0 Å². The number of piperidine rings is 1. The predicted molar refractivity (Wildman–Crippen MR) is 78.0 cm³/mol. The lowest BCUT2D eigenvalue weighted by atomic mass is 9.90. The largest absolute Gasteiger partial charge is 0.377 e. The van der Waals surface area contributed by atoms with Gasteiger partial charge in [0.2, 0.25) is 0 Å². The second-order valence-electron chi connectivity index (χ2n) is 5.74. The highest BCUT2D eigenvalue weighted by molar-refractivity contribution is 4.84. The molecule has 0 saturated carbocycles. The summed E-state index contributed by atoms with van der Waals surface area (Å²) in [7, 11) is 0. The molecule has 1 fully saturated rings. The molecule has 1 saturated heterocycles. The first-order valence-corrected chi connectivity index (χ1v) is 7.74. The SMILES string of the molecule is CCCNC1CCN(CCOC(C)C)CC1CC. The molecule has 0 spiro atoms. The average Bonchev–Trinajstić information content (AvgIpc) is 2.36. The maximum Gasteiger partial charge on any atom is 0.0596 e. The van der Waals surface area contributed by atoms with E-state index in [1.54, 1.807) is 0 Å². The van der Waals surface area contributed by atoms with Gasteiger partial charge in [-0.1, -0.05) is 20.3 Å². The van der Waals surface area contributed by atoms with Crippen molar-refractivity contribution in [2.75, 3.05) is 32.8 Å². The van der Waals surface area contributed by atoms with Crippen molar-refractivity contribution in [1.29, 1.82) is 0 Å². The van der Waals surface area contributed by atoms with Gasteiger partial charge < -0.3 is 15.0 Å². The Morgan fingerprint density at radius 2 is 2.11 bits per heavy atom. The first-order chi connectivity index (χ1) is 8.67. The van der Waals surface area contributed by atoms with Crippen LogP contribution in [-0.4, -0.2) is 49.8 Å². The van der Waals surface area contributed by atoms with Gasteiger partial charge in [0.05, 0.1) is 12.7 Å². The molecule has 0 radical (unpaired) electrons. The molecule has 0 aliphatic carbocycles. The molecule has 1 heterocycles. The lowest BCUT2D eigenvalue weighted by Gasteiger charge is -2.38. The van der Waals surface area contributed by atoms with Gasteiger partial charge in [-0.2, -0.15) is 0 Å². The number of rotatable bonds is 8. The molecule has 2 atom stereocenters. The van der Waals surface area contributed by atoms with Crippen LogP contribution in [0.25, 0.3) is 0 Å². The highest BCUT2D eigenvalue weighted by Crippen LogP contribution is 2.20. The monoisotopic (exact) mass is 256 g/mol. The lowest BCUT2D eigenvalue weighted by Crippen LogP contribution is -2.50. The highest BCUT2D eigenvalue weighted by Gasteiger charge is 2.27. The standard InChI is InChI=1S/C15H32N2O/c1-5-8-16-15-7-9-17(12-14(15)6-2)10-11-18-13(3)4/h13-16H,5-12H2,1-4H3. The van der Waals surface area contributed by atoms with E-state index in [1.165, 1.54) is 32.4 Å². The first kappa shape index (κ1) is 15.9. The van der Waals surface area contributed by atoms with E-state index >= 15 is 0 Å². The van der Waals surface area contributed by atoms with Crippen molar-refractivity contribution in [3.05, 3.63) is 0 Å². The van der Waals surface area contributed by atoms with Crippen molar-refractivity contribution >= 4 is 0 Å². The van der Waals surface area contributed by atoms with Crippen molar-refractivity contribution < 1.29 is 4.74 Å². The Bertz CT molecular complexity index is 209. The summed E-state index contributed by atoms with van der Waals surface area (Å²) in [5, 5.41) is 3.71. The lowest BCUT2D eigenvalue weighted by molar-refractivity contribution is 0.0430. The summed E-state index contributed by atoms with van der Waals surface area (Å²) in [4.78, 5) is 2.57. The predicted octanol–water partition coefficient (Wildman–Crippen LogP) is 2.51. The van der Waals surface area contributed by atoms with E-state index in [-0.39, 0.29) is 0 Å². The Morgan fingerprint density at radius 1 is 1.33 bits per heavy atom. The Kier molecular flexibility index (Phi) is 7.87. The second kappa shape index (κ2) is 8.89. The third-order valence-corrected chi connectivity index (χ3v) is 3.86. The minimum absolute atomic E-state index is 0.357. The molecule has 0 bridgehead atoms. The summed E-state index contributed by atoms with van der Waals surface area (Å²) in [5.74, 6) is 0.810. The summed E-state index contributed by atoms with van der Waals surface area (Å²) < 4.78 is 5.65. The van der Waals surface area contributed by atoms with Gasteiger partial charge in [-0.3, -0.25) is 0 Å². The average molecular weight is 256 g/mol. The zero-order valence-corrected chi connectivity index (χ0v) is 12.7. The number of nitrogens with one attached hydrogen (secondary N) is 1. The summed E-state index contributed by atoms with van der Waals surface area (Å²) in [6, 6.07) is 0.734. The van der Waals surface area contributed by atoms with Gasteiger partial charge in [-0.25, -0.2) is 0 Å². The summed E-state index contributed by atoms with van der Waals surface area (Å²) in [6.07, 6.45) is 4.16. The number of nitrogens with zero attached hydrogens (tertiary/aromatic N) is 1. The molecule has 1 aliphatic heterocycles. The number of ether oxygens (including phenoxy) is 1. The molecule has 3 nitrogen and oxygen atoms in total. The van der Waals surface area contributed by atoms with E-state index in [9.17, 15) is 0 Å². The van der Waals surface area contributed by atoms with Crippen LogP contribution in [0.1, 0.15) is 47.0 Å². The second-order valence-corrected chi connectivity index (χ2v) is 5.74. The molecule has 108 valence electrons. The van der Waals surface area contributed by atoms with E-state index in [1.807, 2.05) is 0 Å². The van der Waals surface area contributed by atoms with Crippen molar-refractivity contribution in [1.82, 2.24) is 10.2 Å². The molecular weight excluding hydrogens is 224 g/mol. The Balaban J connectivity index is 2.26. The van der Waals surface area contributed by atoms with Gasteiger partial charge in [0, 0.05) is 19.1 Å². The highest BCUT2D eigenvalue weighted by atomic mass is 16.5. The van der Waals surface area contributed by atoms with Crippen LogP contribution in [0.5, 0.6) is 0 Å². The number of hydrogen-bond acceptors (Lipinski definition) is 3. The fourth-order valence-electron chi connectivity index (χ4n) is 2.74. The molecule has 18 heavy (non-hydrogen) atoms. The van der Waals surface area contributed by atoms with Crippen molar-refractivity contribution in [3.63, 3.8) is 0 Å². The topological polar surface area (TPSA) is 24.5 Å². The molecule has 0 amide bonds. The maximum absolute atomic E-state index is 5.65. The van der Waals surface area contributed by atoms with Crippen LogP contribution < -0.4 is 5.32 Å². The molecule has 1 aliphatic rings. The number of hydrogen-bond donors (Lipinski definition) is 1. The molecule has 0 aromatic carbocycles. The van der Waals surface area contributed by atoms with E-state index in [0.717, 1.165) is 31.7 Å². The fourth-order valence-corrected chi connectivity index (χ4v) is 2.74. The van der Waals surface area contributed by atoms with E-state index < -0.39 is 0 Å². The first-order valence-electron chi connectivity index (χ1n) is 7.74. The normalized spacial score (nSPS) is 25.8. The molecule has 0 aromatic heterocycles. The molecular formula is C15H32N2O. The van der Waals surface area contributed by atoms with Crippen LogP contribution in [0, 0.1) is 5.92 Å².